The van der Waals surface area contributed by atoms with E-state index in [-0.39, 0.29) is 23.6 Å². The van der Waals surface area contributed by atoms with Crippen LogP contribution in [0.25, 0.3) is 10.9 Å². The van der Waals surface area contributed by atoms with Crippen LogP contribution in [-0.2, 0) is 27.2 Å². The topological polar surface area (TPSA) is 97.5 Å². The van der Waals surface area contributed by atoms with E-state index < -0.39 is 12.1 Å². The summed E-state index contributed by atoms with van der Waals surface area (Å²) in [6.07, 6.45) is 3.27. The molecule has 192 valence electrons. The molecular formula is C28H37N5O3. The first-order chi connectivity index (χ1) is 17.2. The first kappa shape index (κ1) is 26.9. The van der Waals surface area contributed by atoms with E-state index in [0.717, 1.165) is 22.0 Å². The average Bonchev–Trinajstić information content (AvgIpc) is 3.26. The Hall–Kier alpha value is -3.65. The molecule has 1 heterocycles. The number of aromatic amines is 1. The van der Waals surface area contributed by atoms with Crippen molar-refractivity contribution in [3.8, 4) is 0 Å². The molecule has 0 aliphatic heterocycles. The maximum atomic E-state index is 13.8. The van der Waals surface area contributed by atoms with Gasteiger partial charge in [0, 0.05) is 50.6 Å². The van der Waals surface area contributed by atoms with Gasteiger partial charge in [0.05, 0.1) is 0 Å². The summed E-state index contributed by atoms with van der Waals surface area (Å²) in [6.45, 7) is 3.58. The van der Waals surface area contributed by atoms with Gasteiger partial charge in [-0.2, -0.15) is 0 Å². The van der Waals surface area contributed by atoms with Crippen LogP contribution in [0.5, 0.6) is 0 Å². The minimum atomic E-state index is -0.810. The SMILES string of the molecule is CC(C)C(=O)N[C@H](Cc1c[nH]c2ccccc12)C(=O)N(C)C(CCc1ccccc1)C(=O)NN(C)C. The van der Waals surface area contributed by atoms with Gasteiger partial charge in [-0.25, -0.2) is 5.01 Å². The second-order valence-electron chi connectivity index (χ2n) is 9.64. The molecule has 3 N–H and O–H groups in total. The van der Waals surface area contributed by atoms with Crippen molar-refractivity contribution in [2.45, 2.75) is 45.2 Å². The molecule has 0 fully saturated rings. The quantitative estimate of drug-likeness (QED) is 0.359. The Morgan fingerprint density at radius 1 is 0.917 bits per heavy atom. The van der Waals surface area contributed by atoms with E-state index >= 15 is 0 Å². The maximum Gasteiger partial charge on any atom is 0.257 e. The number of benzene rings is 2. The number of para-hydroxylation sites is 1. The molecule has 8 nitrogen and oxygen atoms in total. The largest absolute Gasteiger partial charge is 0.361 e. The Kier molecular flexibility index (Phi) is 9.25. The number of fused-ring (bicyclic) bond motifs is 1. The lowest BCUT2D eigenvalue weighted by molar-refractivity contribution is -0.143. The number of nitrogens with zero attached hydrogens (tertiary/aromatic N) is 2. The summed E-state index contributed by atoms with van der Waals surface area (Å²) >= 11 is 0. The summed E-state index contributed by atoms with van der Waals surface area (Å²) in [4.78, 5) is 44.3. The number of hydrogen-bond acceptors (Lipinski definition) is 4. The van der Waals surface area contributed by atoms with Gasteiger partial charge in [-0.05, 0) is 30.0 Å². The molecule has 0 saturated heterocycles. The van der Waals surface area contributed by atoms with Crippen molar-refractivity contribution < 1.29 is 14.4 Å². The minimum absolute atomic E-state index is 0.208. The van der Waals surface area contributed by atoms with Crippen LogP contribution in [0.15, 0.2) is 60.8 Å². The molecule has 3 amide bonds. The van der Waals surface area contributed by atoms with Gasteiger partial charge in [-0.3, -0.25) is 19.8 Å². The second-order valence-corrected chi connectivity index (χ2v) is 9.64. The third-order valence-electron chi connectivity index (χ3n) is 6.24. The number of H-pyrrole nitrogens is 1. The van der Waals surface area contributed by atoms with Gasteiger partial charge < -0.3 is 15.2 Å². The van der Waals surface area contributed by atoms with E-state index in [1.807, 2.05) is 60.8 Å². The number of hydrazine groups is 1. The smallest absolute Gasteiger partial charge is 0.257 e. The zero-order valence-corrected chi connectivity index (χ0v) is 21.7. The first-order valence-corrected chi connectivity index (χ1v) is 12.3. The molecule has 0 spiro atoms. The number of likely N-dealkylation sites (N-methyl/N-ethyl adjacent to an activating group) is 1. The Morgan fingerprint density at radius 2 is 1.58 bits per heavy atom. The fourth-order valence-corrected chi connectivity index (χ4v) is 4.20. The normalized spacial score (nSPS) is 13.0. The Balaban J connectivity index is 1.86. The fraction of sp³-hybridized carbons (Fsp3) is 0.393. The molecule has 0 aliphatic carbocycles. The number of hydrogen-bond donors (Lipinski definition) is 3. The van der Waals surface area contributed by atoms with E-state index in [1.165, 1.54) is 4.90 Å². The predicted octanol–water partition coefficient (Wildman–Crippen LogP) is 2.90. The lowest BCUT2D eigenvalue weighted by Crippen LogP contribution is -2.56. The molecule has 2 atom stereocenters. The molecule has 1 unspecified atom stereocenters. The zero-order valence-electron chi connectivity index (χ0n) is 21.7. The van der Waals surface area contributed by atoms with E-state index in [4.69, 9.17) is 0 Å². The summed E-state index contributed by atoms with van der Waals surface area (Å²) in [5.74, 6) is -1.06. The molecule has 1 aromatic heterocycles. The van der Waals surface area contributed by atoms with Crippen molar-refractivity contribution in [1.82, 2.24) is 25.6 Å². The lowest BCUT2D eigenvalue weighted by Gasteiger charge is -2.32. The number of carbonyl (C=O) groups is 3. The van der Waals surface area contributed by atoms with Crippen molar-refractivity contribution in [3.05, 3.63) is 71.9 Å². The van der Waals surface area contributed by atoms with Gasteiger partial charge in [-0.15, -0.1) is 0 Å². The summed E-state index contributed by atoms with van der Waals surface area (Å²) < 4.78 is 0. The summed E-state index contributed by atoms with van der Waals surface area (Å²) in [5, 5.41) is 5.49. The summed E-state index contributed by atoms with van der Waals surface area (Å²) in [7, 11) is 5.10. The van der Waals surface area contributed by atoms with Crippen LogP contribution in [0.2, 0.25) is 0 Å². The van der Waals surface area contributed by atoms with Gasteiger partial charge in [0.1, 0.15) is 12.1 Å². The van der Waals surface area contributed by atoms with Crippen LogP contribution in [-0.4, -0.2) is 65.8 Å². The third kappa shape index (κ3) is 6.95. The fourth-order valence-electron chi connectivity index (χ4n) is 4.20. The van der Waals surface area contributed by atoms with Crippen LogP contribution in [0.1, 0.15) is 31.4 Å². The number of rotatable bonds is 11. The molecule has 0 bridgehead atoms. The monoisotopic (exact) mass is 491 g/mol. The highest BCUT2D eigenvalue weighted by molar-refractivity contribution is 5.93. The molecular weight excluding hydrogens is 454 g/mol. The van der Waals surface area contributed by atoms with Crippen molar-refractivity contribution in [1.29, 1.82) is 0 Å². The molecule has 8 heteroatoms. The van der Waals surface area contributed by atoms with Crippen LogP contribution in [0.4, 0.5) is 0 Å². The number of aryl methyl sites for hydroxylation is 1. The standard InChI is InChI=1S/C28H37N5O3/c1-19(2)26(34)30-24(17-21-18-29-23-14-10-9-13-22(21)23)28(36)33(5)25(27(35)31-32(3)4)16-15-20-11-7-6-8-12-20/h6-14,18-19,24-25,29H,15-17H2,1-5H3,(H,30,34)(H,31,35)/t24-,25?/m1/s1. The van der Waals surface area contributed by atoms with Crippen molar-refractivity contribution in [2.24, 2.45) is 5.92 Å². The van der Waals surface area contributed by atoms with E-state index in [0.29, 0.717) is 19.3 Å². The molecule has 0 radical (unpaired) electrons. The highest BCUT2D eigenvalue weighted by atomic mass is 16.2. The summed E-state index contributed by atoms with van der Waals surface area (Å²) in [5.41, 5.74) is 5.77. The van der Waals surface area contributed by atoms with Gasteiger partial charge in [0.15, 0.2) is 0 Å². The van der Waals surface area contributed by atoms with Crippen LogP contribution >= 0.6 is 0 Å². The first-order valence-electron chi connectivity index (χ1n) is 12.3. The molecule has 3 aromatic rings. The number of carbonyl (C=O) groups excluding carboxylic acids is 3. The average molecular weight is 492 g/mol. The Morgan fingerprint density at radius 3 is 2.25 bits per heavy atom. The molecule has 0 aliphatic rings. The second kappa shape index (κ2) is 12.4. The van der Waals surface area contributed by atoms with Crippen LogP contribution in [0, 0.1) is 5.92 Å². The van der Waals surface area contributed by atoms with Gasteiger partial charge >= 0.3 is 0 Å². The van der Waals surface area contributed by atoms with Gasteiger partial charge in [-0.1, -0.05) is 62.4 Å². The number of nitrogens with one attached hydrogen (secondary N) is 3. The molecule has 2 aromatic carbocycles. The van der Waals surface area contributed by atoms with Gasteiger partial charge in [0.2, 0.25) is 11.8 Å². The van der Waals surface area contributed by atoms with Crippen molar-refractivity contribution in [2.75, 3.05) is 21.1 Å². The lowest BCUT2D eigenvalue weighted by atomic mass is 10.00. The van der Waals surface area contributed by atoms with Crippen molar-refractivity contribution >= 4 is 28.6 Å². The molecule has 3 rings (SSSR count). The highest BCUT2D eigenvalue weighted by Gasteiger charge is 2.33. The van der Waals surface area contributed by atoms with Crippen LogP contribution in [0.3, 0.4) is 0 Å². The van der Waals surface area contributed by atoms with E-state index in [1.54, 1.807) is 40.0 Å². The number of amides is 3. The summed E-state index contributed by atoms with van der Waals surface area (Å²) in [6, 6.07) is 16.2. The van der Waals surface area contributed by atoms with Crippen molar-refractivity contribution in [3.63, 3.8) is 0 Å². The third-order valence-corrected chi connectivity index (χ3v) is 6.24. The van der Waals surface area contributed by atoms with E-state index in [9.17, 15) is 14.4 Å². The number of aromatic nitrogens is 1. The zero-order chi connectivity index (χ0) is 26.2. The Bertz CT molecular complexity index is 1170. The van der Waals surface area contributed by atoms with Gasteiger partial charge in [0.25, 0.3) is 5.91 Å². The van der Waals surface area contributed by atoms with E-state index in [2.05, 4.69) is 15.7 Å². The predicted molar refractivity (Wildman–Crippen MR) is 142 cm³/mol. The highest BCUT2D eigenvalue weighted by Crippen LogP contribution is 2.20. The molecule has 36 heavy (non-hydrogen) atoms. The Labute approximate surface area is 213 Å². The van der Waals surface area contributed by atoms with Crippen LogP contribution < -0.4 is 10.7 Å². The maximum absolute atomic E-state index is 13.8. The minimum Gasteiger partial charge on any atom is -0.361 e. The molecule has 0 saturated carbocycles.